The number of esters is 1. The van der Waals surface area contributed by atoms with E-state index in [0.29, 0.717) is 34.4 Å². The summed E-state index contributed by atoms with van der Waals surface area (Å²) in [6, 6.07) is 15.3. The van der Waals surface area contributed by atoms with Crippen molar-refractivity contribution in [2.75, 3.05) is 12.4 Å². The van der Waals surface area contributed by atoms with Crippen LogP contribution in [-0.2, 0) is 22.3 Å². The van der Waals surface area contributed by atoms with Crippen LogP contribution in [0.15, 0.2) is 66.7 Å². The zero-order valence-corrected chi connectivity index (χ0v) is 20.9. The average Bonchev–Trinajstić information content (AvgIpc) is 2.85. The smallest absolute Gasteiger partial charge is 0.469 e. The Morgan fingerprint density at radius 2 is 1.50 bits per heavy atom. The molecule has 3 aromatic rings. The van der Waals surface area contributed by atoms with E-state index in [0.717, 1.165) is 12.1 Å². The van der Waals surface area contributed by atoms with Crippen LogP contribution >= 0.6 is 0 Å². The zero-order chi connectivity index (χ0) is 28.1. The molecule has 0 fully saturated rings. The first kappa shape index (κ1) is 28.9. The van der Waals surface area contributed by atoms with Gasteiger partial charge in [-0.25, -0.2) is 0 Å². The van der Waals surface area contributed by atoms with Gasteiger partial charge in [-0.1, -0.05) is 44.2 Å². The molecule has 10 heteroatoms. The largest absolute Gasteiger partial charge is 0.573 e. The SMILES string of the molecule is COC(=O)C(CC(C)C)c1cc(NCc2ccc(OC(F)(F)F)cc2)cc(-c2ccc(C(F)(F)F)cc2)c1. The number of halogens is 6. The normalized spacial score (nSPS) is 12.8. The molecule has 0 saturated carbocycles. The van der Waals surface area contributed by atoms with Gasteiger partial charge in [-0.3, -0.25) is 4.79 Å². The van der Waals surface area contributed by atoms with Crippen LogP contribution in [0.3, 0.4) is 0 Å². The second-order valence-electron chi connectivity index (χ2n) is 9.17. The minimum atomic E-state index is -4.79. The minimum absolute atomic E-state index is 0.155. The van der Waals surface area contributed by atoms with Crippen molar-refractivity contribution in [3.8, 4) is 16.9 Å². The van der Waals surface area contributed by atoms with Gasteiger partial charge in [0.05, 0.1) is 18.6 Å². The maximum absolute atomic E-state index is 13.0. The molecule has 0 heterocycles. The van der Waals surface area contributed by atoms with Crippen molar-refractivity contribution in [3.63, 3.8) is 0 Å². The van der Waals surface area contributed by atoms with Crippen molar-refractivity contribution >= 4 is 11.7 Å². The number of benzene rings is 3. The number of rotatable bonds is 9. The van der Waals surface area contributed by atoms with E-state index in [1.807, 2.05) is 13.8 Å². The van der Waals surface area contributed by atoms with Crippen LogP contribution in [0.4, 0.5) is 32.0 Å². The highest BCUT2D eigenvalue weighted by atomic mass is 19.4. The minimum Gasteiger partial charge on any atom is -0.469 e. The van der Waals surface area contributed by atoms with Crippen molar-refractivity contribution in [1.29, 1.82) is 0 Å². The Labute approximate surface area is 216 Å². The number of carbonyl (C=O) groups is 1. The summed E-state index contributed by atoms with van der Waals surface area (Å²) in [4.78, 5) is 12.6. The molecule has 0 aliphatic heterocycles. The Bertz CT molecular complexity index is 1220. The molecule has 1 unspecified atom stereocenters. The lowest BCUT2D eigenvalue weighted by atomic mass is 9.88. The van der Waals surface area contributed by atoms with Gasteiger partial charge >= 0.3 is 18.5 Å². The number of alkyl halides is 6. The Morgan fingerprint density at radius 3 is 2.03 bits per heavy atom. The number of ether oxygens (including phenoxy) is 2. The third-order valence-electron chi connectivity index (χ3n) is 5.75. The number of hydrogen-bond acceptors (Lipinski definition) is 4. The van der Waals surface area contributed by atoms with Gasteiger partial charge in [0.1, 0.15) is 5.75 Å². The van der Waals surface area contributed by atoms with Gasteiger partial charge in [0.15, 0.2) is 0 Å². The Morgan fingerprint density at radius 1 is 0.868 bits per heavy atom. The first-order valence-corrected chi connectivity index (χ1v) is 11.7. The van der Waals surface area contributed by atoms with Crippen LogP contribution in [0.2, 0.25) is 0 Å². The van der Waals surface area contributed by atoms with E-state index in [9.17, 15) is 31.1 Å². The first-order valence-electron chi connectivity index (χ1n) is 11.7. The second kappa shape index (κ2) is 11.8. The first-order chi connectivity index (χ1) is 17.7. The molecule has 0 aliphatic rings. The number of methoxy groups -OCH3 is 1. The molecular formula is C28H27F6NO3. The molecule has 4 nitrogen and oxygen atoms in total. The summed E-state index contributed by atoms with van der Waals surface area (Å²) in [5, 5.41) is 3.18. The van der Waals surface area contributed by atoms with E-state index in [4.69, 9.17) is 4.74 Å². The van der Waals surface area contributed by atoms with Crippen LogP contribution in [0.1, 0.15) is 42.9 Å². The number of nitrogens with one attached hydrogen (secondary N) is 1. The van der Waals surface area contributed by atoms with Crippen molar-refractivity contribution in [2.24, 2.45) is 5.92 Å². The fraction of sp³-hybridized carbons (Fsp3) is 0.321. The van der Waals surface area contributed by atoms with E-state index < -0.39 is 30.0 Å². The van der Waals surface area contributed by atoms with Crippen molar-refractivity contribution < 1.29 is 40.6 Å². The van der Waals surface area contributed by atoms with Crippen LogP contribution in [0, 0.1) is 5.92 Å². The Hall–Kier alpha value is -3.69. The molecule has 0 spiro atoms. The summed E-state index contributed by atoms with van der Waals surface area (Å²) in [5.41, 5.74) is 2.19. The Kier molecular flexibility index (Phi) is 8.96. The molecule has 0 bridgehead atoms. The third kappa shape index (κ3) is 8.16. The zero-order valence-electron chi connectivity index (χ0n) is 20.9. The maximum Gasteiger partial charge on any atom is 0.573 e. The Balaban J connectivity index is 1.94. The quantitative estimate of drug-likeness (QED) is 0.220. The van der Waals surface area contributed by atoms with E-state index in [1.54, 1.807) is 18.2 Å². The van der Waals surface area contributed by atoms with Crippen molar-refractivity contribution in [1.82, 2.24) is 0 Å². The van der Waals surface area contributed by atoms with E-state index in [-0.39, 0.29) is 18.2 Å². The predicted octanol–water partition coefficient (Wildman–Crippen LogP) is 8.19. The van der Waals surface area contributed by atoms with Crippen LogP contribution in [0.25, 0.3) is 11.1 Å². The predicted molar refractivity (Wildman–Crippen MR) is 132 cm³/mol. The van der Waals surface area contributed by atoms with Gasteiger partial charge in [0.2, 0.25) is 0 Å². The van der Waals surface area contributed by atoms with E-state index in [2.05, 4.69) is 10.1 Å². The molecule has 0 aliphatic carbocycles. The molecular weight excluding hydrogens is 512 g/mol. The van der Waals surface area contributed by atoms with Crippen molar-refractivity contribution in [3.05, 3.63) is 83.4 Å². The highest BCUT2D eigenvalue weighted by molar-refractivity contribution is 5.80. The van der Waals surface area contributed by atoms with Gasteiger partial charge < -0.3 is 14.8 Å². The van der Waals surface area contributed by atoms with Gasteiger partial charge in [0, 0.05) is 12.2 Å². The molecule has 1 atom stereocenters. The topological polar surface area (TPSA) is 47.6 Å². The summed E-state index contributed by atoms with van der Waals surface area (Å²) >= 11 is 0. The van der Waals surface area contributed by atoms with Crippen LogP contribution in [-0.4, -0.2) is 19.4 Å². The lowest BCUT2D eigenvalue weighted by Gasteiger charge is -2.20. The molecule has 0 aromatic heterocycles. The molecule has 3 rings (SSSR count). The summed E-state index contributed by atoms with van der Waals surface area (Å²) in [6.07, 6.45) is -8.77. The van der Waals surface area contributed by atoms with Gasteiger partial charge in [-0.05, 0) is 71.0 Å². The number of hydrogen-bond donors (Lipinski definition) is 1. The molecule has 204 valence electrons. The van der Waals surface area contributed by atoms with Gasteiger partial charge in [-0.2, -0.15) is 13.2 Å². The second-order valence-corrected chi connectivity index (χ2v) is 9.17. The van der Waals surface area contributed by atoms with Crippen LogP contribution in [0.5, 0.6) is 5.75 Å². The molecule has 0 saturated heterocycles. The molecule has 38 heavy (non-hydrogen) atoms. The monoisotopic (exact) mass is 539 g/mol. The lowest BCUT2D eigenvalue weighted by molar-refractivity contribution is -0.274. The molecule has 3 aromatic carbocycles. The standard InChI is InChI=1S/C28H27F6NO3/c1-17(2)12-25(26(36)37-3)21-13-20(19-6-8-22(9-7-19)27(29,30)31)14-23(15-21)35-16-18-4-10-24(11-5-18)38-28(32,33)34/h4-11,13-15,17,25,35H,12,16H2,1-3H3. The maximum atomic E-state index is 13.0. The van der Waals surface area contributed by atoms with E-state index in [1.165, 1.54) is 43.5 Å². The van der Waals surface area contributed by atoms with Crippen LogP contribution < -0.4 is 10.1 Å². The van der Waals surface area contributed by atoms with Crippen molar-refractivity contribution in [2.45, 2.75) is 45.3 Å². The highest BCUT2D eigenvalue weighted by Crippen LogP contribution is 2.35. The lowest BCUT2D eigenvalue weighted by Crippen LogP contribution is -2.17. The van der Waals surface area contributed by atoms with Gasteiger partial charge in [0.25, 0.3) is 0 Å². The molecule has 1 N–H and O–H groups in total. The highest BCUT2D eigenvalue weighted by Gasteiger charge is 2.31. The number of carbonyl (C=O) groups excluding carboxylic acids is 1. The summed E-state index contributed by atoms with van der Waals surface area (Å²) in [6.45, 7) is 4.15. The van der Waals surface area contributed by atoms with E-state index >= 15 is 0 Å². The summed E-state index contributed by atoms with van der Waals surface area (Å²) in [5.74, 6) is -1.23. The molecule has 0 amide bonds. The summed E-state index contributed by atoms with van der Waals surface area (Å²) < 4.78 is 85.3. The fourth-order valence-corrected chi connectivity index (χ4v) is 3.97. The summed E-state index contributed by atoms with van der Waals surface area (Å²) in [7, 11) is 1.29. The third-order valence-corrected chi connectivity index (χ3v) is 5.75. The average molecular weight is 540 g/mol. The molecule has 0 radical (unpaired) electrons. The number of anilines is 1. The van der Waals surface area contributed by atoms with Gasteiger partial charge in [-0.15, -0.1) is 13.2 Å². The fourth-order valence-electron chi connectivity index (χ4n) is 3.97.